The van der Waals surface area contributed by atoms with Crippen molar-refractivity contribution in [1.29, 1.82) is 0 Å². The molecule has 0 unspecified atom stereocenters. The number of nitrogen functional groups attached to an aromatic ring is 1. The lowest BCUT2D eigenvalue weighted by Gasteiger charge is -2.04. The molecule has 0 radical (unpaired) electrons. The van der Waals surface area contributed by atoms with Crippen molar-refractivity contribution in [2.45, 2.75) is 0 Å². The van der Waals surface area contributed by atoms with Gasteiger partial charge in [-0.25, -0.2) is 4.68 Å². The van der Waals surface area contributed by atoms with Gasteiger partial charge in [0.2, 0.25) is 0 Å². The molecule has 3 rings (SSSR count). The normalized spacial score (nSPS) is 10.6. The predicted molar refractivity (Wildman–Crippen MR) is 85.0 cm³/mol. The Morgan fingerprint density at radius 3 is 2.52 bits per heavy atom. The van der Waals surface area contributed by atoms with Crippen LogP contribution in [0.25, 0.3) is 16.9 Å². The molecule has 0 amide bonds. The molecule has 21 heavy (non-hydrogen) atoms. The Hall–Kier alpha value is -2.46. The van der Waals surface area contributed by atoms with Gasteiger partial charge in [-0.2, -0.15) is 5.10 Å². The van der Waals surface area contributed by atoms with Gasteiger partial charge in [0.1, 0.15) is 11.6 Å². The highest BCUT2D eigenvalue weighted by atomic mass is 35.5. The fourth-order valence-electron chi connectivity index (χ4n) is 2.11. The van der Waals surface area contributed by atoms with E-state index in [0.29, 0.717) is 10.8 Å². The number of hydrogen-bond acceptors (Lipinski definition) is 3. The number of aromatic nitrogens is 2. The highest BCUT2D eigenvalue weighted by Crippen LogP contribution is 2.25. The molecule has 1 heterocycles. The molecule has 0 aliphatic rings. The Balaban J connectivity index is 2.00. The van der Waals surface area contributed by atoms with Crippen LogP contribution >= 0.6 is 11.6 Å². The van der Waals surface area contributed by atoms with Gasteiger partial charge >= 0.3 is 0 Å². The number of methoxy groups -OCH3 is 1. The SMILES string of the molecule is COc1ccc(-c2cc(N)n(-c3cccc(Cl)c3)n2)cc1. The van der Waals surface area contributed by atoms with Gasteiger partial charge in [0.25, 0.3) is 0 Å². The molecular weight excluding hydrogens is 286 g/mol. The molecule has 0 aliphatic heterocycles. The van der Waals surface area contributed by atoms with Crippen molar-refractivity contribution >= 4 is 17.4 Å². The van der Waals surface area contributed by atoms with Crippen LogP contribution in [0.15, 0.2) is 54.6 Å². The summed E-state index contributed by atoms with van der Waals surface area (Å²) in [6.45, 7) is 0. The Bertz CT molecular complexity index is 765. The van der Waals surface area contributed by atoms with Crippen LogP contribution < -0.4 is 10.5 Å². The Labute approximate surface area is 127 Å². The van der Waals surface area contributed by atoms with Gasteiger partial charge < -0.3 is 10.5 Å². The van der Waals surface area contributed by atoms with E-state index in [4.69, 9.17) is 22.1 Å². The number of anilines is 1. The number of benzene rings is 2. The van der Waals surface area contributed by atoms with Crippen LogP contribution in [0.1, 0.15) is 0 Å². The quantitative estimate of drug-likeness (QED) is 0.800. The van der Waals surface area contributed by atoms with Crippen molar-refractivity contribution in [1.82, 2.24) is 9.78 Å². The second kappa shape index (κ2) is 5.50. The van der Waals surface area contributed by atoms with Crippen LogP contribution in [0.4, 0.5) is 5.82 Å². The molecule has 0 saturated heterocycles. The predicted octanol–water partition coefficient (Wildman–Crippen LogP) is 3.78. The minimum absolute atomic E-state index is 0.558. The maximum absolute atomic E-state index is 6.05. The second-order valence-corrected chi connectivity index (χ2v) is 5.01. The molecule has 0 atom stereocenters. The average molecular weight is 300 g/mol. The molecule has 1 aromatic heterocycles. The van der Waals surface area contributed by atoms with E-state index < -0.39 is 0 Å². The van der Waals surface area contributed by atoms with Gasteiger partial charge in [0.15, 0.2) is 0 Å². The summed E-state index contributed by atoms with van der Waals surface area (Å²) in [5.74, 6) is 1.36. The van der Waals surface area contributed by atoms with Crippen molar-refractivity contribution in [2.75, 3.05) is 12.8 Å². The van der Waals surface area contributed by atoms with E-state index in [0.717, 1.165) is 22.7 Å². The molecule has 3 aromatic rings. The standard InChI is InChI=1S/C16H14ClN3O/c1-21-14-7-5-11(6-8-14)15-10-16(18)20(19-15)13-4-2-3-12(17)9-13/h2-10H,18H2,1H3. The van der Waals surface area contributed by atoms with Gasteiger partial charge in [0.05, 0.1) is 18.5 Å². The highest BCUT2D eigenvalue weighted by molar-refractivity contribution is 6.30. The largest absolute Gasteiger partial charge is 0.497 e. The van der Waals surface area contributed by atoms with E-state index in [9.17, 15) is 0 Å². The summed E-state index contributed by atoms with van der Waals surface area (Å²) < 4.78 is 6.82. The van der Waals surface area contributed by atoms with E-state index in [2.05, 4.69) is 5.10 Å². The third kappa shape index (κ3) is 2.71. The van der Waals surface area contributed by atoms with E-state index in [1.807, 2.05) is 54.6 Å². The number of nitrogens with two attached hydrogens (primary N) is 1. The summed E-state index contributed by atoms with van der Waals surface area (Å²) in [4.78, 5) is 0. The van der Waals surface area contributed by atoms with Crippen LogP contribution in [0.3, 0.4) is 0 Å². The van der Waals surface area contributed by atoms with Gasteiger partial charge in [-0.05, 0) is 42.5 Å². The lowest BCUT2D eigenvalue weighted by atomic mass is 10.1. The summed E-state index contributed by atoms with van der Waals surface area (Å²) >= 11 is 6.01. The molecule has 0 bridgehead atoms. The van der Waals surface area contributed by atoms with E-state index in [-0.39, 0.29) is 0 Å². The zero-order valence-electron chi connectivity index (χ0n) is 11.5. The summed E-state index contributed by atoms with van der Waals surface area (Å²) in [6.07, 6.45) is 0. The zero-order chi connectivity index (χ0) is 14.8. The number of halogens is 1. The maximum atomic E-state index is 6.05. The maximum Gasteiger partial charge on any atom is 0.127 e. The van der Waals surface area contributed by atoms with Gasteiger partial charge in [0, 0.05) is 16.7 Å². The van der Waals surface area contributed by atoms with Crippen LogP contribution in [-0.4, -0.2) is 16.9 Å². The van der Waals surface area contributed by atoms with Crippen LogP contribution in [-0.2, 0) is 0 Å². The summed E-state index contributed by atoms with van der Waals surface area (Å²) in [6, 6.07) is 16.9. The van der Waals surface area contributed by atoms with Gasteiger partial charge in [-0.15, -0.1) is 0 Å². The molecule has 0 fully saturated rings. The molecule has 0 saturated carbocycles. The third-order valence-electron chi connectivity index (χ3n) is 3.18. The molecule has 2 aromatic carbocycles. The first-order valence-corrected chi connectivity index (χ1v) is 6.81. The molecule has 0 spiro atoms. The van der Waals surface area contributed by atoms with Crippen molar-refractivity contribution in [3.8, 4) is 22.7 Å². The van der Waals surface area contributed by atoms with E-state index in [1.54, 1.807) is 11.8 Å². The van der Waals surface area contributed by atoms with E-state index >= 15 is 0 Å². The first-order chi connectivity index (χ1) is 10.2. The molecule has 106 valence electrons. The zero-order valence-corrected chi connectivity index (χ0v) is 12.2. The fourth-order valence-corrected chi connectivity index (χ4v) is 2.30. The van der Waals surface area contributed by atoms with Crippen molar-refractivity contribution < 1.29 is 4.74 Å². The molecule has 0 aliphatic carbocycles. The summed E-state index contributed by atoms with van der Waals surface area (Å²) in [5, 5.41) is 5.19. The molecular formula is C16H14ClN3O. The van der Waals surface area contributed by atoms with Crippen LogP contribution in [0.2, 0.25) is 5.02 Å². The Kier molecular flexibility index (Phi) is 3.54. The monoisotopic (exact) mass is 299 g/mol. The number of hydrogen-bond donors (Lipinski definition) is 1. The minimum atomic E-state index is 0.558. The Morgan fingerprint density at radius 2 is 1.86 bits per heavy atom. The number of nitrogens with zero attached hydrogens (tertiary/aromatic N) is 2. The van der Waals surface area contributed by atoms with Crippen LogP contribution in [0, 0.1) is 0 Å². The Morgan fingerprint density at radius 1 is 1.10 bits per heavy atom. The highest BCUT2D eigenvalue weighted by Gasteiger charge is 2.09. The lowest BCUT2D eigenvalue weighted by molar-refractivity contribution is 0.415. The number of ether oxygens (including phenoxy) is 1. The molecule has 5 heteroatoms. The number of rotatable bonds is 3. The molecule has 4 nitrogen and oxygen atoms in total. The molecule has 2 N–H and O–H groups in total. The van der Waals surface area contributed by atoms with Gasteiger partial charge in [-0.3, -0.25) is 0 Å². The van der Waals surface area contributed by atoms with Gasteiger partial charge in [-0.1, -0.05) is 17.7 Å². The third-order valence-corrected chi connectivity index (χ3v) is 3.41. The average Bonchev–Trinajstić information content (AvgIpc) is 2.89. The summed E-state index contributed by atoms with van der Waals surface area (Å²) in [5.41, 5.74) is 8.66. The summed E-state index contributed by atoms with van der Waals surface area (Å²) in [7, 11) is 1.64. The second-order valence-electron chi connectivity index (χ2n) is 4.57. The first-order valence-electron chi connectivity index (χ1n) is 6.43. The fraction of sp³-hybridized carbons (Fsp3) is 0.0625. The smallest absolute Gasteiger partial charge is 0.127 e. The van der Waals surface area contributed by atoms with Crippen molar-refractivity contribution in [3.05, 3.63) is 59.6 Å². The topological polar surface area (TPSA) is 53.1 Å². The van der Waals surface area contributed by atoms with E-state index in [1.165, 1.54) is 0 Å². The first kappa shape index (κ1) is 13.5. The van der Waals surface area contributed by atoms with Crippen molar-refractivity contribution in [2.24, 2.45) is 0 Å². The minimum Gasteiger partial charge on any atom is -0.497 e. The lowest BCUT2D eigenvalue weighted by Crippen LogP contribution is -2.01. The van der Waals surface area contributed by atoms with Crippen LogP contribution in [0.5, 0.6) is 5.75 Å². The van der Waals surface area contributed by atoms with Crippen molar-refractivity contribution in [3.63, 3.8) is 0 Å².